The van der Waals surface area contributed by atoms with Gasteiger partial charge in [0.15, 0.2) is 0 Å². The number of nitrogens with zero attached hydrogens (tertiary/aromatic N) is 1. The maximum Gasteiger partial charge on any atom is 0.416 e. The lowest BCUT2D eigenvalue weighted by atomic mass is 10.1. The highest BCUT2D eigenvalue weighted by Crippen LogP contribution is 2.32. The topological polar surface area (TPSA) is 69.4 Å². The molecule has 0 aromatic heterocycles. The van der Waals surface area contributed by atoms with Gasteiger partial charge < -0.3 is 4.74 Å². The van der Waals surface area contributed by atoms with Crippen molar-refractivity contribution in [2.24, 2.45) is 0 Å². The number of esters is 1. The molecule has 0 N–H and O–H groups in total. The van der Waals surface area contributed by atoms with Crippen molar-refractivity contribution in [3.63, 3.8) is 0 Å². The quantitative estimate of drug-likeness (QED) is 0.453. The van der Waals surface area contributed by atoms with Gasteiger partial charge in [0.05, 0.1) is 21.1 Å². The molecule has 0 saturated carbocycles. The molecule has 0 bridgehead atoms. The SMILES string of the molecule is O=C(OCc1ccccc1C(F)(F)F)c1ccc([N+](=O)[O-])cc1Cl. The van der Waals surface area contributed by atoms with Crippen LogP contribution in [0.15, 0.2) is 42.5 Å². The third-order valence-corrected chi connectivity index (χ3v) is 3.38. The van der Waals surface area contributed by atoms with Gasteiger partial charge in [-0.25, -0.2) is 4.79 Å². The zero-order chi connectivity index (χ0) is 17.9. The number of benzene rings is 2. The Morgan fingerprint density at radius 2 is 1.88 bits per heavy atom. The number of hydrogen-bond donors (Lipinski definition) is 0. The molecule has 0 heterocycles. The fraction of sp³-hybridized carbons (Fsp3) is 0.133. The smallest absolute Gasteiger partial charge is 0.416 e. The van der Waals surface area contributed by atoms with Crippen molar-refractivity contribution in [3.8, 4) is 0 Å². The summed E-state index contributed by atoms with van der Waals surface area (Å²) in [5, 5.41) is 10.4. The largest absolute Gasteiger partial charge is 0.457 e. The van der Waals surface area contributed by atoms with Crippen molar-refractivity contribution >= 4 is 23.3 Å². The van der Waals surface area contributed by atoms with Crippen LogP contribution in [0.25, 0.3) is 0 Å². The molecule has 0 aliphatic carbocycles. The Morgan fingerprint density at radius 1 is 1.21 bits per heavy atom. The maximum atomic E-state index is 12.9. The first-order valence-corrected chi connectivity index (χ1v) is 6.84. The van der Waals surface area contributed by atoms with Crippen LogP contribution < -0.4 is 0 Å². The minimum Gasteiger partial charge on any atom is -0.457 e. The van der Waals surface area contributed by atoms with Crippen LogP contribution in [0.3, 0.4) is 0 Å². The molecule has 2 aromatic carbocycles. The lowest BCUT2D eigenvalue weighted by Crippen LogP contribution is -2.12. The lowest BCUT2D eigenvalue weighted by Gasteiger charge is -2.13. The predicted octanol–water partition coefficient (Wildman–Crippen LogP) is 4.62. The highest BCUT2D eigenvalue weighted by molar-refractivity contribution is 6.33. The van der Waals surface area contributed by atoms with Crippen LogP contribution in [0.2, 0.25) is 5.02 Å². The molecule has 0 radical (unpaired) electrons. The van der Waals surface area contributed by atoms with Crippen molar-refractivity contribution < 1.29 is 27.6 Å². The molecule has 0 saturated heterocycles. The molecule has 5 nitrogen and oxygen atoms in total. The zero-order valence-corrected chi connectivity index (χ0v) is 12.6. The zero-order valence-electron chi connectivity index (χ0n) is 11.8. The highest BCUT2D eigenvalue weighted by Gasteiger charge is 2.33. The Morgan fingerprint density at radius 3 is 2.46 bits per heavy atom. The number of ether oxygens (including phenoxy) is 1. The van der Waals surface area contributed by atoms with Gasteiger partial charge in [0.2, 0.25) is 0 Å². The Hall–Kier alpha value is -2.61. The van der Waals surface area contributed by atoms with Gasteiger partial charge in [-0.1, -0.05) is 29.8 Å². The summed E-state index contributed by atoms with van der Waals surface area (Å²) in [6.07, 6.45) is -4.58. The molecule has 0 fully saturated rings. The first-order valence-electron chi connectivity index (χ1n) is 6.46. The maximum absolute atomic E-state index is 12.9. The first-order chi connectivity index (χ1) is 11.2. The van der Waals surface area contributed by atoms with E-state index in [1.807, 2.05) is 0 Å². The van der Waals surface area contributed by atoms with E-state index in [1.165, 1.54) is 18.2 Å². The van der Waals surface area contributed by atoms with Gasteiger partial charge in [-0.3, -0.25) is 10.1 Å². The highest BCUT2D eigenvalue weighted by atomic mass is 35.5. The summed E-state index contributed by atoms with van der Waals surface area (Å²) < 4.78 is 43.4. The molecule has 9 heteroatoms. The average molecular weight is 360 g/mol. The van der Waals surface area contributed by atoms with Gasteiger partial charge in [-0.2, -0.15) is 13.2 Å². The number of hydrogen-bond acceptors (Lipinski definition) is 4. The molecule has 2 aromatic rings. The number of rotatable bonds is 4. The summed E-state index contributed by atoms with van der Waals surface area (Å²) in [7, 11) is 0. The Labute approximate surface area is 138 Å². The van der Waals surface area contributed by atoms with Gasteiger partial charge in [0, 0.05) is 17.7 Å². The van der Waals surface area contributed by atoms with Crippen molar-refractivity contribution in [2.45, 2.75) is 12.8 Å². The standard InChI is InChI=1S/C15H9ClF3NO4/c16-13-7-10(20(22)23)5-6-11(13)14(21)24-8-9-3-1-2-4-12(9)15(17,18)19/h1-7H,8H2. The van der Waals surface area contributed by atoms with E-state index in [-0.39, 0.29) is 21.8 Å². The summed E-state index contributed by atoms with van der Waals surface area (Å²) in [5.41, 5.74) is -1.62. The number of alkyl halides is 3. The molecular formula is C15H9ClF3NO4. The number of nitro benzene ring substituents is 1. The molecule has 0 atom stereocenters. The monoisotopic (exact) mass is 359 g/mol. The number of non-ortho nitro benzene ring substituents is 1. The van der Waals surface area contributed by atoms with E-state index >= 15 is 0 Å². The molecule has 0 spiro atoms. The fourth-order valence-electron chi connectivity index (χ4n) is 1.93. The Kier molecular flexibility index (Phi) is 5.08. The summed E-state index contributed by atoms with van der Waals surface area (Å²) >= 11 is 5.77. The van der Waals surface area contributed by atoms with Gasteiger partial charge in [0.25, 0.3) is 5.69 Å². The third-order valence-electron chi connectivity index (χ3n) is 3.06. The van der Waals surface area contributed by atoms with E-state index in [0.29, 0.717) is 0 Å². The van der Waals surface area contributed by atoms with Crippen LogP contribution in [-0.2, 0) is 17.5 Å². The molecule has 0 aliphatic heterocycles. The second-order valence-electron chi connectivity index (χ2n) is 4.65. The first kappa shape index (κ1) is 17.7. The number of carbonyl (C=O) groups is 1. The van der Waals surface area contributed by atoms with Crippen molar-refractivity contribution in [3.05, 3.63) is 74.3 Å². The molecule has 0 unspecified atom stereocenters. The van der Waals surface area contributed by atoms with E-state index in [0.717, 1.165) is 24.3 Å². The summed E-state index contributed by atoms with van der Waals surface area (Å²) in [5.74, 6) is -0.980. The molecule has 2 rings (SSSR count). The van der Waals surface area contributed by atoms with Crippen LogP contribution in [0.1, 0.15) is 21.5 Å². The van der Waals surface area contributed by atoms with Gasteiger partial charge in [-0.15, -0.1) is 0 Å². The van der Waals surface area contributed by atoms with E-state index < -0.39 is 29.2 Å². The van der Waals surface area contributed by atoms with Gasteiger partial charge in [-0.05, 0) is 12.1 Å². The minimum absolute atomic E-state index is 0.174. The Balaban J connectivity index is 2.16. The van der Waals surface area contributed by atoms with Crippen molar-refractivity contribution in [1.82, 2.24) is 0 Å². The number of halogens is 4. The molecular weight excluding hydrogens is 351 g/mol. The summed E-state index contributed by atoms with van der Waals surface area (Å²) in [6, 6.07) is 7.76. The van der Waals surface area contributed by atoms with Gasteiger partial charge >= 0.3 is 12.1 Å². The second-order valence-corrected chi connectivity index (χ2v) is 5.06. The normalized spacial score (nSPS) is 11.2. The fourth-order valence-corrected chi connectivity index (χ4v) is 2.18. The second kappa shape index (κ2) is 6.88. The van der Waals surface area contributed by atoms with Crippen molar-refractivity contribution in [2.75, 3.05) is 0 Å². The summed E-state index contributed by atoms with van der Waals surface area (Å²) in [4.78, 5) is 21.8. The van der Waals surface area contributed by atoms with Crippen LogP contribution in [-0.4, -0.2) is 10.9 Å². The van der Waals surface area contributed by atoms with E-state index in [1.54, 1.807) is 0 Å². The summed E-state index contributed by atoms with van der Waals surface area (Å²) in [6.45, 7) is -0.609. The third kappa shape index (κ3) is 4.02. The number of carbonyl (C=O) groups excluding carboxylic acids is 1. The van der Waals surface area contributed by atoms with Crippen LogP contribution >= 0.6 is 11.6 Å². The predicted molar refractivity (Wildman–Crippen MR) is 78.7 cm³/mol. The van der Waals surface area contributed by atoms with Gasteiger partial charge in [0.1, 0.15) is 6.61 Å². The number of nitro groups is 1. The van der Waals surface area contributed by atoms with Crippen LogP contribution in [0.4, 0.5) is 18.9 Å². The Bertz CT molecular complexity index is 793. The molecule has 126 valence electrons. The van der Waals surface area contributed by atoms with Crippen LogP contribution in [0, 0.1) is 10.1 Å². The van der Waals surface area contributed by atoms with E-state index in [9.17, 15) is 28.1 Å². The lowest BCUT2D eigenvalue weighted by molar-refractivity contribution is -0.384. The molecule has 0 amide bonds. The van der Waals surface area contributed by atoms with E-state index in [4.69, 9.17) is 16.3 Å². The average Bonchev–Trinajstić information content (AvgIpc) is 2.51. The van der Waals surface area contributed by atoms with Crippen molar-refractivity contribution in [1.29, 1.82) is 0 Å². The van der Waals surface area contributed by atoms with Crippen LogP contribution in [0.5, 0.6) is 0 Å². The van der Waals surface area contributed by atoms with E-state index in [2.05, 4.69) is 0 Å². The molecule has 0 aliphatic rings. The minimum atomic E-state index is -4.58. The molecule has 24 heavy (non-hydrogen) atoms.